The van der Waals surface area contributed by atoms with E-state index in [2.05, 4.69) is 10.1 Å². The zero-order valence-corrected chi connectivity index (χ0v) is 16.0. The number of alkyl halides is 2. The van der Waals surface area contributed by atoms with Gasteiger partial charge in [-0.15, -0.1) is 0 Å². The Bertz CT molecular complexity index is 940. The van der Waals surface area contributed by atoms with E-state index < -0.39 is 12.7 Å². The van der Waals surface area contributed by atoms with E-state index >= 15 is 0 Å². The molecule has 0 aliphatic heterocycles. The second-order valence-corrected chi connectivity index (χ2v) is 7.01. The third-order valence-electron chi connectivity index (χ3n) is 4.02. The zero-order chi connectivity index (χ0) is 20.6. The molecule has 0 unspecified atom stereocenters. The van der Waals surface area contributed by atoms with Gasteiger partial charge in [-0.1, -0.05) is 42.5 Å². The highest BCUT2D eigenvalue weighted by Crippen LogP contribution is 2.25. The van der Waals surface area contributed by atoms with Gasteiger partial charge in [0.15, 0.2) is 6.20 Å². The topological polar surface area (TPSA) is 65.3 Å². The number of aromatic nitrogens is 1. The number of rotatable bonds is 8. The lowest BCUT2D eigenvalue weighted by atomic mass is 9.98. The lowest BCUT2D eigenvalue weighted by Gasteiger charge is -2.20. The third kappa shape index (κ3) is 5.92. The van der Waals surface area contributed by atoms with Crippen molar-refractivity contribution in [1.82, 2.24) is 5.32 Å². The lowest BCUT2D eigenvalue weighted by molar-refractivity contribution is -0.645. The summed E-state index contributed by atoms with van der Waals surface area (Å²) in [5, 5.41) is 15.1. The molecule has 0 aliphatic rings. The Morgan fingerprint density at radius 3 is 2.31 bits per heavy atom. The first-order valence-corrected chi connectivity index (χ1v) is 9.71. The van der Waals surface area contributed by atoms with Crippen LogP contribution in [0.5, 0.6) is 5.75 Å². The quantitative estimate of drug-likeness (QED) is 0.343. The van der Waals surface area contributed by atoms with Gasteiger partial charge in [0.1, 0.15) is 5.75 Å². The molecule has 1 aromatic heterocycles. The number of carbonyl (C=O) groups is 1. The number of ether oxygens (including phenoxy) is 1. The Morgan fingerprint density at radius 2 is 1.66 bits per heavy atom. The fourth-order valence-corrected chi connectivity index (χ4v) is 3.44. The molecule has 0 spiro atoms. The number of thioether (sulfide) groups is 1. The van der Waals surface area contributed by atoms with Crippen molar-refractivity contribution in [1.29, 1.82) is 0 Å². The fraction of sp³-hybridized carbons (Fsp3) is 0.143. The molecule has 5 nitrogen and oxygen atoms in total. The number of benzene rings is 2. The molecule has 0 aliphatic carbocycles. The van der Waals surface area contributed by atoms with Gasteiger partial charge in [-0.2, -0.15) is 13.5 Å². The van der Waals surface area contributed by atoms with Crippen molar-refractivity contribution in [3.05, 3.63) is 95.3 Å². The minimum Gasteiger partial charge on any atom is -0.618 e. The number of halogens is 2. The highest BCUT2D eigenvalue weighted by atomic mass is 32.2. The SMILES string of the molecule is O=C(CSc1cccc[n+]1[O-])N[C@@H](c1ccccc1)c1ccc(OC(F)F)cc1. The Morgan fingerprint density at radius 1 is 1.00 bits per heavy atom. The molecule has 0 saturated carbocycles. The minimum atomic E-state index is -2.90. The smallest absolute Gasteiger partial charge is 0.387 e. The normalized spacial score (nSPS) is 11.8. The zero-order valence-electron chi connectivity index (χ0n) is 15.2. The summed E-state index contributed by atoms with van der Waals surface area (Å²) in [5.74, 6) is -0.163. The number of hydrogen-bond donors (Lipinski definition) is 1. The van der Waals surface area contributed by atoms with Crippen LogP contribution in [-0.2, 0) is 4.79 Å². The van der Waals surface area contributed by atoms with E-state index in [4.69, 9.17) is 0 Å². The van der Waals surface area contributed by atoms with E-state index in [1.807, 2.05) is 30.3 Å². The van der Waals surface area contributed by atoms with Crippen LogP contribution < -0.4 is 14.8 Å². The summed E-state index contributed by atoms with van der Waals surface area (Å²) in [6, 6.07) is 19.9. The largest absolute Gasteiger partial charge is 0.618 e. The predicted octanol–water partition coefficient (Wildman–Crippen LogP) is 3.92. The predicted molar refractivity (Wildman–Crippen MR) is 106 cm³/mol. The maximum Gasteiger partial charge on any atom is 0.387 e. The second-order valence-electron chi connectivity index (χ2n) is 6.01. The molecule has 0 radical (unpaired) electrons. The third-order valence-corrected chi connectivity index (χ3v) is 5.03. The van der Waals surface area contributed by atoms with Gasteiger partial charge < -0.3 is 15.3 Å². The minimum absolute atomic E-state index is 0.0431. The van der Waals surface area contributed by atoms with Crippen molar-refractivity contribution in [3.8, 4) is 5.75 Å². The molecule has 8 heteroatoms. The summed E-state index contributed by atoms with van der Waals surface area (Å²) >= 11 is 1.13. The Kier molecular flexibility index (Phi) is 7.02. The first-order chi connectivity index (χ1) is 14.0. The molecule has 1 heterocycles. The van der Waals surface area contributed by atoms with Crippen LogP contribution in [0.2, 0.25) is 0 Å². The summed E-state index contributed by atoms with van der Waals surface area (Å²) in [7, 11) is 0. The maximum atomic E-state index is 12.5. The molecule has 2 aromatic carbocycles. The number of amides is 1. The van der Waals surface area contributed by atoms with Crippen molar-refractivity contribution in [2.45, 2.75) is 17.7 Å². The Balaban J connectivity index is 1.74. The van der Waals surface area contributed by atoms with Crippen LogP contribution in [0.4, 0.5) is 8.78 Å². The second kappa shape index (κ2) is 9.88. The molecular formula is C21H18F2N2O3S. The molecule has 150 valence electrons. The number of carbonyl (C=O) groups excluding carboxylic acids is 1. The summed E-state index contributed by atoms with van der Waals surface area (Å²) in [6.45, 7) is -2.90. The van der Waals surface area contributed by atoms with E-state index in [9.17, 15) is 18.8 Å². The summed E-state index contributed by atoms with van der Waals surface area (Å²) in [6.07, 6.45) is 1.37. The molecule has 1 atom stereocenters. The summed E-state index contributed by atoms with van der Waals surface area (Å²) < 4.78 is 29.8. The van der Waals surface area contributed by atoms with Crippen molar-refractivity contribution < 1.29 is 23.0 Å². The molecular weight excluding hydrogens is 398 g/mol. The van der Waals surface area contributed by atoms with Gasteiger partial charge in [0.05, 0.1) is 11.8 Å². The lowest BCUT2D eigenvalue weighted by Crippen LogP contribution is -2.32. The van der Waals surface area contributed by atoms with Gasteiger partial charge in [-0.3, -0.25) is 4.79 Å². The van der Waals surface area contributed by atoms with Crippen molar-refractivity contribution in [2.24, 2.45) is 0 Å². The average molecular weight is 416 g/mol. The highest BCUT2D eigenvalue weighted by Gasteiger charge is 2.18. The summed E-state index contributed by atoms with van der Waals surface area (Å²) in [5.41, 5.74) is 1.56. The Hall–Kier alpha value is -3.13. The van der Waals surface area contributed by atoms with Gasteiger partial charge >= 0.3 is 6.61 Å². The Labute approximate surface area is 170 Å². The van der Waals surface area contributed by atoms with E-state index in [0.717, 1.165) is 22.9 Å². The summed E-state index contributed by atoms with van der Waals surface area (Å²) in [4.78, 5) is 12.5. The molecule has 3 rings (SSSR count). The van der Waals surface area contributed by atoms with Gasteiger partial charge in [-0.25, -0.2) is 0 Å². The van der Waals surface area contributed by atoms with Gasteiger partial charge in [-0.05, 0) is 41.1 Å². The fourth-order valence-electron chi connectivity index (χ4n) is 2.71. The average Bonchev–Trinajstić information content (AvgIpc) is 2.72. The van der Waals surface area contributed by atoms with Crippen molar-refractivity contribution in [2.75, 3.05) is 5.75 Å². The van der Waals surface area contributed by atoms with Crippen molar-refractivity contribution >= 4 is 17.7 Å². The number of nitrogens with one attached hydrogen (secondary N) is 1. The van der Waals surface area contributed by atoms with Crippen LogP contribution in [0.3, 0.4) is 0 Å². The molecule has 0 bridgehead atoms. The van der Waals surface area contributed by atoms with Crippen LogP contribution in [0.15, 0.2) is 84.0 Å². The number of nitrogens with zero attached hydrogens (tertiary/aromatic N) is 1. The van der Waals surface area contributed by atoms with Gasteiger partial charge in [0, 0.05) is 12.1 Å². The first-order valence-electron chi connectivity index (χ1n) is 8.73. The molecule has 1 N–H and O–H groups in total. The van der Waals surface area contributed by atoms with Crippen LogP contribution in [0.1, 0.15) is 17.2 Å². The van der Waals surface area contributed by atoms with Gasteiger partial charge in [0.2, 0.25) is 5.91 Å². The van der Waals surface area contributed by atoms with E-state index in [0.29, 0.717) is 9.76 Å². The van der Waals surface area contributed by atoms with Crippen LogP contribution in [0.25, 0.3) is 0 Å². The van der Waals surface area contributed by atoms with E-state index in [1.165, 1.54) is 18.3 Å². The van der Waals surface area contributed by atoms with E-state index in [-0.39, 0.29) is 17.4 Å². The standard InChI is InChI=1S/C21H18F2N2O3S/c22-21(23)28-17-11-9-16(10-12-17)20(15-6-2-1-3-7-15)24-18(26)14-29-19-8-4-5-13-25(19)27/h1-13,20-21H,14H2,(H,24,26)/t20-/m0/s1. The van der Waals surface area contributed by atoms with Crippen LogP contribution in [0, 0.1) is 5.21 Å². The monoisotopic (exact) mass is 416 g/mol. The maximum absolute atomic E-state index is 12.5. The van der Waals surface area contributed by atoms with Gasteiger partial charge in [0.25, 0.3) is 5.03 Å². The van der Waals surface area contributed by atoms with Crippen molar-refractivity contribution in [3.63, 3.8) is 0 Å². The molecule has 0 fully saturated rings. The van der Waals surface area contributed by atoms with E-state index in [1.54, 1.807) is 30.3 Å². The van der Waals surface area contributed by atoms with Crippen LogP contribution >= 0.6 is 11.8 Å². The number of hydrogen-bond acceptors (Lipinski definition) is 4. The highest BCUT2D eigenvalue weighted by molar-refractivity contribution is 7.99. The molecule has 0 saturated heterocycles. The molecule has 29 heavy (non-hydrogen) atoms. The van der Waals surface area contributed by atoms with Crippen LogP contribution in [-0.4, -0.2) is 18.3 Å². The molecule has 1 amide bonds. The molecule has 3 aromatic rings. The number of pyridine rings is 1. The first kappa shape index (κ1) is 20.6.